The number of nitrogens with zero attached hydrogens (tertiary/aromatic N) is 1. The van der Waals surface area contributed by atoms with Crippen LogP contribution in [0.2, 0.25) is 0 Å². The zero-order valence-corrected chi connectivity index (χ0v) is 15.8. The minimum atomic E-state index is -0.344. The Hall–Kier alpha value is -2.66. The highest BCUT2D eigenvalue weighted by molar-refractivity contribution is 5.94. The molecule has 0 aromatic heterocycles. The molecule has 1 aliphatic heterocycles. The molecule has 0 saturated carbocycles. The number of carbonyl (C=O) groups excluding carboxylic acids is 2. The van der Waals surface area contributed by atoms with Crippen molar-refractivity contribution in [3.05, 3.63) is 71.3 Å². The Labute approximate surface area is 160 Å². The van der Waals surface area contributed by atoms with E-state index in [1.807, 2.05) is 66.4 Å². The SMILES string of the molecule is Cc1ccc(C(=O)NC(CC(=O)N2CCCNCC2)c2ccccc2)cc1. The quantitative estimate of drug-likeness (QED) is 0.856. The highest BCUT2D eigenvalue weighted by Gasteiger charge is 2.23. The average Bonchev–Trinajstić information content (AvgIpc) is 2.98. The maximum Gasteiger partial charge on any atom is 0.251 e. The molecule has 1 saturated heterocycles. The third-order valence-electron chi connectivity index (χ3n) is 4.89. The van der Waals surface area contributed by atoms with E-state index in [4.69, 9.17) is 0 Å². The van der Waals surface area contributed by atoms with Gasteiger partial charge in [0.25, 0.3) is 5.91 Å². The molecule has 1 heterocycles. The largest absolute Gasteiger partial charge is 0.345 e. The molecule has 1 fully saturated rings. The van der Waals surface area contributed by atoms with Gasteiger partial charge in [0.15, 0.2) is 0 Å². The number of rotatable bonds is 5. The van der Waals surface area contributed by atoms with Crippen molar-refractivity contribution in [2.75, 3.05) is 26.2 Å². The molecule has 2 N–H and O–H groups in total. The highest BCUT2D eigenvalue weighted by Crippen LogP contribution is 2.19. The van der Waals surface area contributed by atoms with Crippen LogP contribution in [-0.2, 0) is 4.79 Å². The van der Waals surface area contributed by atoms with Gasteiger partial charge in [0.05, 0.1) is 12.5 Å². The third kappa shape index (κ3) is 5.41. The van der Waals surface area contributed by atoms with Gasteiger partial charge in [-0.05, 0) is 37.6 Å². The highest BCUT2D eigenvalue weighted by atomic mass is 16.2. The lowest BCUT2D eigenvalue weighted by atomic mass is 10.0. The van der Waals surface area contributed by atoms with E-state index in [2.05, 4.69) is 10.6 Å². The molecule has 5 heteroatoms. The van der Waals surface area contributed by atoms with Crippen LogP contribution in [0.5, 0.6) is 0 Å². The fourth-order valence-corrected chi connectivity index (χ4v) is 3.28. The lowest BCUT2D eigenvalue weighted by Crippen LogP contribution is -2.38. The lowest BCUT2D eigenvalue weighted by molar-refractivity contribution is -0.131. The van der Waals surface area contributed by atoms with Gasteiger partial charge in [0, 0.05) is 25.2 Å². The molecule has 2 aromatic rings. The van der Waals surface area contributed by atoms with Gasteiger partial charge in [-0.25, -0.2) is 0 Å². The second kappa shape index (κ2) is 9.33. The maximum atomic E-state index is 12.8. The van der Waals surface area contributed by atoms with E-state index in [0.29, 0.717) is 12.1 Å². The van der Waals surface area contributed by atoms with Crippen LogP contribution in [0, 0.1) is 6.92 Å². The Balaban J connectivity index is 1.73. The summed E-state index contributed by atoms with van der Waals surface area (Å²) >= 11 is 0. The summed E-state index contributed by atoms with van der Waals surface area (Å²) in [6.45, 7) is 5.22. The summed E-state index contributed by atoms with van der Waals surface area (Å²) in [4.78, 5) is 27.4. The Morgan fingerprint density at radius 1 is 1.04 bits per heavy atom. The predicted octanol–water partition coefficient (Wildman–Crippen LogP) is 2.68. The van der Waals surface area contributed by atoms with Gasteiger partial charge >= 0.3 is 0 Å². The molecule has 3 rings (SSSR count). The van der Waals surface area contributed by atoms with Crippen molar-refractivity contribution in [3.63, 3.8) is 0 Å². The first-order valence-electron chi connectivity index (χ1n) is 9.54. The Kier molecular flexibility index (Phi) is 6.60. The van der Waals surface area contributed by atoms with Crippen LogP contribution in [0.3, 0.4) is 0 Å². The van der Waals surface area contributed by atoms with Crippen molar-refractivity contribution >= 4 is 11.8 Å². The summed E-state index contributed by atoms with van der Waals surface area (Å²) in [7, 11) is 0. The maximum absolute atomic E-state index is 12.8. The second-order valence-corrected chi connectivity index (χ2v) is 6.99. The summed E-state index contributed by atoms with van der Waals surface area (Å²) in [6, 6.07) is 16.8. The van der Waals surface area contributed by atoms with E-state index in [0.717, 1.165) is 37.2 Å². The van der Waals surface area contributed by atoms with E-state index in [9.17, 15) is 9.59 Å². The number of carbonyl (C=O) groups is 2. The number of aryl methyl sites for hydroxylation is 1. The summed E-state index contributed by atoms with van der Waals surface area (Å²) < 4.78 is 0. The van der Waals surface area contributed by atoms with E-state index >= 15 is 0 Å². The molecule has 1 atom stereocenters. The summed E-state index contributed by atoms with van der Waals surface area (Å²) in [5, 5.41) is 6.36. The second-order valence-electron chi connectivity index (χ2n) is 6.99. The third-order valence-corrected chi connectivity index (χ3v) is 4.89. The number of hydrogen-bond acceptors (Lipinski definition) is 3. The van der Waals surface area contributed by atoms with E-state index in [-0.39, 0.29) is 24.3 Å². The van der Waals surface area contributed by atoms with Crippen LogP contribution in [0.4, 0.5) is 0 Å². The van der Waals surface area contributed by atoms with Crippen LogP contribution < -0.4 is 10.6 Å². The molecule has 0 radical (unpaired) electrons. The fraction of sp³-hybridized carbons (Fsp3) is 0.364. The van der Waals surface area contributed by atoms with E-state index in [1.54, 1.807) is 0 Å². The first-order chi connectivity index (χ1) is 13.1. The molecule has 1 unspecified atom stereocenters. The zero-order valence-electron chi connectivity index (χ0n) is 15.8. The summed E-state index contributed by atoms with van der Waals surface area (Å²) in [5.74, 6) is -0.0778. The summed E-state index contributed by atoms with van der Waals surface area (Å²) in [6.07, 6.45) is 1.22. The van der Waals surface area contributed by atoms with Crippen LogP contribution in [0.25, 0.3) is 0 Å². The molecule has 142 valence electrons. The Morgan fingerprint density at radius 2 is 1.78 bits per heavy atom. The minimum absolute atomic E-state index is 0.0803. The van der Waals surface area contributed by atoms with E-state index in [1.165, 1.54) is 0 Å². The molecule has 1 aliphatic rings. The standard InChI is InChI=1S/C22H27N3O2/c1-17-8-10-19(11-9-17)22(27)24-20(18-6-3-2-4-7-18)16-21(26)25-14-5-12-23-13-15-25/h2-4,6-11,20,23H,5,12-16H2,1H3,(H,24,27). The molecule has 0 spiro atoms. The molecular weight excluding hydrogens is 338 g/mol. The van der Waals surface area contributed by atoms with Crippen LogP contribution in [0.15, 0.2) is 54.6 Å². The molecule has 2 aromatic carbocycles. The van der Waals surface area contributed by atoms with Crippen molar-refractivity contribution < 1.29 is 9.59 Å². The van der Waals surface area contributed by atoms with Crippen molar-refractivity contribution in [3.8, 4) is 0 Å². The van der Waals surface area contributed by atoms with Gasteiger partial charge in [-0.3, -0.25) is 9.59 Å². The van der Waals surface area contributed by atoms with Crippen molar-refractivity contribution in [2.45, 2.75) is 25.8 Å². The molecule has 2 amide bonds. The lowest BCUT2D eigenvalue weighted by Gasteiger charge is -2.24. The van der Waals surface area contributed by atoms with Crippen LogP contribution >= 0.6 is 0 Å². The van der Waals surface area contributed by atoms with Crippen molar-refractivity contribution in [2.24, 2.45) is 0 Å². The van der Waals surface area contributed by atoms with Crippen molar-refractivity contribution in [1.82, 2.24) is 15.5 Å². The van der Waals surface area contributed by atoms with Crippen LogP contribution in [-0.4, -0.2) is 42.9 Å². The van der Waals surface area contributed by atoms with Gasteiger partial charge in [-0.15, -0.1) is 0 Å². The Morgan fingerprint density at radius 3 is 2.52 bits per heavy atom. The normalized spacial score (nSPS) is 15.7. The molecular formula is C22H27N3O2. The number of benzene rings is 2. The zero-order chi connectivity index (χ0) is 19.1. The van der Waals surface area contributed by atoms with Crippen molar-refractivity contribution in [1.29, 1.82) is 0 Å². The molecule has 5 nitrogen and oxygen atoms in total. The number of hydrogen-bond donors (Lipinski definition) is 2. The minimum Gasteiger partial charge on any atom is -0.345 e. The number of nitrogens with one attached hydrogen (secondary N) is 2. The average molecular weight is 365 g/mol. The van der Waals surface area contributed by atoms with Gasteiger partial charge in [0.1, 0.15) is 0 Å². The van der Waals surface area contributed by atoms with Gasteiger partial charge < -0.3 is 15.5 Å². The van der Waals surface area contributed by atoms with Gasteiger partial charge in [-0.2, -0.15) is 0 Å². The number of amides is 2. The fourth-order valence-electron chi connectivity index (χ4n) is 3.28. The topological polar surface area (TPSA) is 61.4 Å². The van der Waals surface area contributed by atoms with Gasteiger partial charge in [0.2, 0.25) is 5.91 Å². The smallest absolute Gasteiger partial charge is 0.251 e. The summed E-state index contributed by atoms with van der Waals surface area (Å²) in [5.41, 5.74) is 2.66. The molecule has 27 heavy (non-hydrogen) atoms. The molecule has 0 bridgehead atoms. The predicted molar refractivity (Wildman–Crippen MR) is 107 cm³/mol. The van der Waals surface area contributed by atoms with Crippen LogP contribution in [0.1, 0.15) is 40.4 Å². The molecule has 0 aliphatic carbocycles. The van der Waals surface area contributed by atoms with E-state index < -0.39 is 0 Å². The monoisotopic (exact) mass is 365 g/mol. The Bertz CT molecular complexity index is 751. The first kappa shape index (κ1) is 19.1. The van der Waals surface area contributed by atoms with Gasteiger partial charge in [-0.1, -0.05) is 48.0 Å². The first-order valence-corrected chi connectivity index (χ1v) is 9.54.